The molecule has 0 aromatic heterocycles. The molecule has 1 saturated heterocycles. The predicted octanol–water partition coefficient (Wildman–Crippen LogP) is 4.63. The molecular weight excluding hydrogens is 222 g/mol. The third-order valence-electron chi connectivity index (χ3n) is 4.20. The molecule has 0 amide bonds. The molecule has 1 atom stereocenters. The van der Waals surface area contributed by atoms with E-state index < -0.39 is 0 Å². The van der Waals surface area contributed by atoms with Crippen molar-refractivity contribution < 1.29 is 4.74 Å². The fourth-order valence-electron chi connectivity index (χ4n) is 2.88. The monoisotopic (exact) mass is 255 g/mol. The first-order chi connectivity index (χ1) is 8.83. The standard InChI is InChI=1S/C16H33NO/c1-3-5-7-8-9-10-11-13-16(12-6-4-2)14-18-15-17-16/h17H,3-15H2,1-2H3. The molecule has 1 heterocycles. The SMILES string of the molecule is CCCCCCCCCC1(CCCC)COCN1. The van der Waals surface area contributed by atoms with E-state index in [9.17, 15) is 0 Å². The Morgan fingerprint density at radius 2 is 1.44 bits per heavy atom. The van der Waals surface area contributed by atoms with Crippen LogP contribution in [-0.2, 0) is 4.74 Å². The second-order valence-electron chi connectivity index (χ2n) is 5.92. The normalized spacial score (nSPS) is 23.7. The third kappa shape index (κ3) is 6.19. The summed E-state index contributed by atoms with van der Waals surface area (Å²) in [6.07, 6.45) is 15.0. The van der Waals surface area contributed by atoms with Gasteiger partial charge in [0.25, 0.3) is 0 Å². The van der Waals surface area contributed by atoms with Gasteiger partial charge in [0.05, 0.1) is 13.3 Å². The molecule has 2 heteroatoms. The summed E-state index contributed by atoms with van der Waals surface area (Å²) in [6.45, 7) is 6.25. The average molecular weight is 255 g/mol. The summed E-state index contributed by atoms with van der Waals surface area (Å²) in [7, 11) is 0. The van der Waals surface area contributed by atoms with Crippen molar-refractivity contribution in [3.8, 4) is 0 Å². The van der Waals surface area contributed by atoms with E-state index >= 15 is 0 Å². The maximum atomic E-state index is 5.56. The van der Waals surface area contributed by atoms with E-state index in [2.05, 4.69) is 19.2 Å². The van der Waals surface area contributed by atoms with E-state index in [1.54, 1.807) is 0 Å². The molecule has 0 saturated carbocycles. The number of ether oxygens (including phenoxy) is 1. The van der Waals surface area contributed by atoms with E-state index in [1.165, 1.54) is 70.6 Å². The van der Waals surface area contributed by atoms with Crippen molar-refractivity contribution in [2.24, 2.45) is 0 Å². The molecule has 2 nitrogen and oxygen atoms in total. The van der Waals surface area contributed by atoms with E-state index in [4.69, 9.17) is 4.74 Å². The summed E-state index contributed by atoms with van der Waals surface area (Å²) in [6, 6.07) is 0. The van der Waals surface area contributed by atoms with Gasteiger partial charge in [-0.05, 0) is 12.8 Å². The van der Waals surface area contributed by atoms with Crippen molar-refractivity contribution >= 4 is 0 Å². The Morgan fingerprint density at radius 3 is 2.06 bits per heavy atom. The fourth-order valence-corrected chi connectivity index (χ4v) is 2.88. The van der Waals surface area contributed by atoms with Gasteiger partial charge in [-0.1, -0.05) is 71.6 Å². The van der Waals surface area contributed by atoms with Crippen molar-refractivity contribution in [2.75, 3.05) is 13.3 Å². The molecule has 0 radical (unpaired) electrons. The predicted molar refractivity (Wildman–Crippen MR) is 78.8 cm³/mol. The fraction of sp³-hybridized carbons (Fsp3) is 1.00. The summed E-state index contributed by atoms with van der Waals surface area (Å²) in [4.78, 5) is 0. The molecule has 0 spiro atoms. The summed E-state index contributed by atoms with van der Waals surface area (Å²) < 4.78 is 5.56. The summed E-state index contributed by atoms with van der Waals surface area (Å²) in [5, 5.41) is 3.59. The molecule has 0 aromatic rings. The lowest BCUT2D eigenvalue weighted by Gasteiger charge is -2.27. The van der Waals surface area contributed by atoms with Gasteiger partial charge in [0.15, 0.2) is 0 Å². The Hall–Kier alpha value is -0.0800. The summed E-state index contributed by atoms with van der Waals surface area (Å²) in [5.41, 5.74) is 0.319. The summed E-state index contributed by atoms with van der Waals surface area (Å²) in [5.74, 6) is 0. The van der Waals surface area contributed by atoms with Crippen LogP contribution in [0, 0.1) is 0 Å². The molecular formula is C16H33NO. The van der Waals surface area contributed by atoms with Gasteiger partial charge in [0, 0.05) is 5.54 Å². The Bertz CT molecular complexity index is 188. The van der Waals surface area contributed by atoms with Gasteiger partial charge in [-0.15, -0.1) is 0 Å². The largest absolute Gasteiger partial charge is 0.364 e. The highest BCUT2D eigenvalue weighted by atomic mass is 16.5. The topological polar surface area (TPSA) is 21.3 Å². The molecule has 0 bridgehead atoms. The van der Waals surface area contributed by atoms with Gasteiger partial charge in [-0.25, -0.2) is 0 Å². The molecule has 1 unspecified atom stereocenters. The van der Waals surface area contributed by atoms with Crippen LogP contribution >= 0.6 is 0 Å². The van der Waals surface area contributed by atoms with Crippen LogP contribution in [0.15, 0.2) is 0 Å². The zero-order chi connectivity index (χ0) is 13.1. The Kier molecular flexibility index (Phi) is 8.70. The molecule has 1 aliphatic heterocycles. The number of nitrogens with one attached hydrogen (secondary N) is 1. The first kappa shape index (κ1) is 16.0. The second kappa shape index (κ2) is 9.80. The molecule has 18 heavy (non-hydrogen) atoms. The number of unbranched alkanes of at least 4 members (excludes halogenated alkanes) is 7. The molecule has 1 rings (SSSR count). The molecule has 108 valence electrons. The van der Waals surface area contributed by atoms with Gasteiger partial charge < -0.3 is 4.74 Å². The second-order valence-corrected chi connectivity index (χ2v) is 5.92. The van der Waals surface area contributed by atoms with Gasteiger partial charge in [0.2, 0.25) is 0 Å². The molecule has 0 aliphatic carbocycles. The zero-order valence-corrected chi connectivity index (χ0v) is 12.6. The zero-order valence-electron chi connectivity index (χ0n) is 12.6. The number of hydrogen-bond donors (Lipinski definition) is 1. The maximum absolute atomic E-state index is 5.56. The van der Waals surface area contributed by atoms with E-state index in [0.717, 1.165) is 13.3 Å². The molecule has 1 aliphatic rings. The van der Waals surface area contributed by atoms with E-state index in [1.807, 2.05) is 0 Å². The van der Waals surface area contributed by atoms with Gasteiger partial charge >= 0.3 is 0 Å². The van der Waals surface area contributed by atoms with Crippen LogP contribution in [0.2, 0.25) is 0 Å². The highest BCUT2D eigenvalue weighted by Crippen LogP contribution is 2.26. The van der Waals surface area contributed by atoms with Crippen LogP contribution in [0.3, 0.4) is 0 Å². The average Bonchev–Trinajstić information content (AvgIpc) is 2.85. The van der Waals surface area contributed by atoms with Crippen molar-refractivity contribution in [2.45, 2.75) is 90.0 Å². The molecule has 1 fully saturated rings. The maximum Gasteiger partial charge on any atom is 0.0971 e. The minimum absolute atomic E-state index is 0.319. The Balaban J connectivity index is 2.06. The summed E-state index contributed by atoms with van der Waals surface area (Å²) >= 11 is 0. The van der Waals surface area contributed by atoms with E-state index in [-0.39, 0.29) is 0 Å². The number of rotatable bonds is 11. The minimum atomic E-state index is 0.319. The third-order valence-corrected chi connectivity index (χ3v) is 4.20. The van der Waals surface area contributed by atoms with Gasteiger partial charge in [0.1, 0.15) is 0 Å². The lowest BCUT2D eigenvalue weighted by Crippen LogP contribution is -2.42. The van der Waals surface area contributed by atoms with E-state index in [0.29, 0.717) is 5.54 Å². The lowest BCUT2D eigenvalue weighted by molar-refractivity contribution is 0.169. The van der Waals surface area contributed by atoms with Crippen LogP contribution in [0.25, 0.3) is 0 Å². The van der Waals surface area contributed by atoms with Crippen molar-refractivity contribution in [3.63, 3.8) is 0 Å². The Labute approximate surface area is 114 Å². The van der Waals surface area contributed by atoms with Crippen LogP contribution in [-0.4, -0.2) is 18.9 Å². The highest BCUT2D eigenvalue weighted by molar-refractivity contribution is 4.90. The van der Waals surface area contributed by atoms with Crippen molar-refractivity contribution in [1.82, 2.24) is 5.32 Å². The molecule has 1 N–H and O–H groups in total. The van der Waals surface area contributed by atoms with Crippen LogP contribution in [0.5, 0.6) is 0 Å². The van der Waals surface area contributed by atoms with Crippen molar-refractivity contribution in [1.29, 1.82) is 0 Å². The number of hydrogen-bond acceptors (Lipinski definition) is 2. The molecule has 0 aromatic carbocycles. The Morgan fingerprint density at radius 1 is 0.833 bits per heavy atom. The minimum Gasteiger partial charge on any atom is -0.364 e. The van der Waals surface area contributed by atoms with Gasteiger partial charge in [-0.3, -0.25) is 5.32 Å². The first-order valence-corrected chi connectivity index (χ1v) is 8.16. The van der Waals surface area contributed by atoms with Gasteiger partial charge in [-0.2, -0.15) is 0 Å². The van der Waals surface area contributed by atoms with Crippen LogP contribution in [0.4, 0.5) is 0 Å². The lowest BCUT2D eigenvalue weighted by atomic mass is 9.88. The smallest absolute Gasteiger partial charge is 0.0971 e. The van der Waals surface area contributed by atoms with Crippen LogP contribution < -0.4 is 5.32 Å². The van der Waals surface area contributed by atoms with Crippen LogP contribution in [0.1, 0.15) is 84.5 Å². The quantitative estimate of drug-likeness (QED) is 0.543. The first-order valence-electron chi connectivity index (χ1n) is 8.16. The van der Waals surface area contributed by atoms with Crippen molar-refractivity contribution in [3.05, 3.63) is 0 Å². The highest BCUT2D eigenvalue weighted by Gasteiger charge is 2.32.